The van der Waals surface area contributed by atoms with E-state index >= 15 is 0 Å². The summed E-state index contributed by atoms with van der Waals surface area (Å²) < 4.78 is 5.31. The van der Waals surface area contributed by atoms with E-state index < -0.39 is 0 Å². The normalized spacial score (nSPS) is 14.6. The summed E-state index contributed by atoms with van der Waals surface area (Å²) in [6, 6.07) is 3.82. The summed E-state index contributed by atoms with van der Waals surface area (Å²) in [5, 5.41) is 0.282. The molecule has 0 radical (unpaired) electrons. The van der Waals surface area contributed by atoms with Crippen LogP contribution in [0.25, 0.3) is 0 Å². The number of carbonyl (C=O) groups is 1. The lowest BCUT2D eigenvalue weighted by molar-refractivity contribution is -0.132. The SMILES string of the molecule is CN(C(=O)COc1cccnc1Cl)C1CC1. The third-order valence-corrected chi connectivity index (χ3v) is 2.85. The lowest BCUT2D eigenvalue weighted by Crippen LogP contribution is -2.33. The summed E-state index contributed by atoms with van der Waals surface area (Å²) in [4.78, 5) is 17.2. The topological polar surface area (TPSA) is 42.4 Å². The van der Waals surface area contributed by atoms with Gasteiger partial charge in [0.25, 0.3) is 5.91 Å². The van der Waals surface area contributed by atoms with Crippen LogP contribution in [0.3, 0.4) is 0 Å². The van der Waals surface area contributed by atoms with Gasteiger partial charge in [-0.1, -0.05) is 11.6 Å². The van der Waals surface area contributed by atoms with Crippen LogP contribution < -0.4 is 4.74 Å². The molecule has 1 aliphatic rings. The lowest BCUT2D eigenvalue weighted by Gasteiger charge is -2.16. The van der Waals surface area contributed by atoms with E-state index in [1.807, 2.05) is 0 Å². The third-order valence-electron chi connectivity index (χ3n) is 2.56. The minimum absolute atomic E-state index is 0.0123. The minimum atomic E-state index is -0.0255. The number of rotatable bonds is 4. The number of pyridine rings is 1. The van der Waals surface area contributed by atoms with Crippen LogP contribution in [0, 0.1) is 0 Å². The molecular weight excluding hydrogens is 228 g/mol. The monoisotopic (exact) mass is 240 g/mol. The van der Waals surface area contributed by atoms with Crippen molar-refractivity contribution in [1.82, 2.24) is 9.88 Å². The number of halogens is 1. The van der Waals surface area contributed by atoms with Gasteiger partial charge in [-0.2, -0.15) is 0 Å². The highest BCUT2D eigenvalue weighted by Gasteiger charge is 2.29. The van der Waals surface area contributed by atoms with Gasteiger partial charge in [0.15, 0.2) is 17.5 Å². The van der Waals surface area contributed by atoms with E-state index in [1.54, 1.807) is 30.3 Å². The van der Waals surface area contributed by atoms with Crippen LogP contribution in [0.5, 0.6) is 5.75 Å². The second-order valence-corrected chi connectivity index (χ2v) is 4.17. The Kier molecular flexibility index (Phi) is 3.29. The van der Waals surface area contributed by atoms with Crippen molar-refractivity contribution in [2.24, 2.45) is 0 Å². The fourth-order valence-corrected chi connectivity index (χ4v) is 1.56. The van der Waals surface area contributed by atoms with E-state index in [0.29, 0.717) is 11.8 Å². The Morgan fingerprint density at radius 2 is 2.44 bits per heavy atom. The van der Waals surface area contributed by atoms with Gasteiger partial charge in [-0.15, -0.1) is 0 Å². The van der Waals surface area contributed by atoms with E-state index in [0.717, 1.165) is 12.8 Å². The summed E-state index contributed by atoms with van der Waals surface area (Å²) in [5.74, 6) is 0.420. The number of ether oxygens (including phenoxy) is 1. The number of hydrogen-bond acceptors (Lipinski definition) is 3. The van der Waals surface area contributed by atoms with Gasteiger partial charge < -0.3 is 9.64 Å². The minimum Gasteiger partial charge on any atom is -0.481 e. The first kappa shape index (κ1) is 11.2. The maximum atomic E-state index is 11.6. The van der Waals surface area contributed by atoms with Crippen LogP contribution >= 0.6 is 11.6 Å². The number of carbonyl (C=O) groups excluding carboxylic acids is 1. The van der Waals surface area contributed by atoms with Gasteiger partial charge in [-0.25, -0.2) is 4.98 Å². The van der Waals surface area contributed by atoms with Crippen molar-refractivity contribution in [3.05, 3.63) is 23.5 Å². The molecule has 0 atom stereocenters. The van der Waals surface area contributed by atoms with E-state index in [4.69, 9.17) is 16.3 Å². The molecular formula is C11H13ClN2O2. The summed E-state index contributed by atoms with van der Waals surface area (Å²) in [7, 11) is 1.80. The van der Waals surface area contributed by atoms with Gasteiger partial charge in [0, 0.05) is 19.3 Å². The molecule has 0 unspecified atom stereocenters. The first-order valence-electron chi connectivity index (χ1n) is 5.17. The van der Waals surface area contributed by atoms with Gasteiger partial charge in [0.05, 0.1) is 0 Å². The van der Waals surface area contributed by atoms with Crippen LogP contribution in [-0.4, -0.2) is 35.5 Å². The fourth-order valence-electron chi connectivity index (χ4n) is 1.39. The number of hydrogen-bond donors (Lipinski definition) is 0. The summed E-state index contributed by atoms with van der Waals surface area (Å²) in [5.41, 5.74) is 0. The first-order valence-corrected chi connectivity index (χ1v) is 5.55. The largest absolute Gasteiger partial charge is 0.481 e. The zero-order valence-electron chi connectivity index (χ0n) is 9.02. The number of amides is 1. The quantitative estimate of drug-likeness (QED) is 0.753. The van der Waals surface area contributed by atoms with Crippen molar-refractivity contribution >= 4 is 17.5 Å². The van der Waals surface area contributed by atoms with Crippen molar-refractivity contribution in [2.75, 3.05) is 13.7 Å². The Morgan fingerprint density at radius 3 is 3.06 bits per heavy atom. The van der Waals surface area contributed by atoms with Crippen molar-refractivity contribution in [1.29, 1.82) is 0 Å². The van der Waals surface area contributed by atoms with E-state index in [2.05, 4.69) is 4.98 Å². The predicted molar refractivity (Wildman–Crippen MR) is 60.5 cm³/mol. The Morgan fingerprint density at radius 1 is 1.69 bits per heavy atom. The Bertz CT molecular complexity index is 393. The molecule has 0 aromatic carbocycles. The second kappa shape index (κ2) is 4.70. The van der Waals surface area contributed by atoms with Gasteiger partial charge in [-0.3, -0.25) is 4.79 Å². The van der Waals surface area contributed by atoms with Gasteiger partial charge >= 0.3 is 0 Å². The Balaban J connectivity index is 1.87. The first-order chi connectivity index (χ1) is 7.68. The molecule has 16 heavy (non-hydrogen) atoms. The van der Waals surface area contributed by atoms with E-state index in [-0.39, 0.29) is 17.7 Å². The molecule has 1 aromatic heterocycles. The summed E-state index contributed by atoms with van der Waals surface area (Å²) in [6.45, 7) is 0.0123. The number of aromatic nitrogens is 1. The average Bonchev–Trinajstić information content (AvgIpc) is 3.10. The van der Waals surface area contributed by atoms with Gasteiger partial charge in [0.1, 0.15) is 0 Å². The number of likely N-dealkylation sites (N-methyl/N-ethyl adjacent to an activating group) is 1. The highest BCUT2D eigenvalue weighted by Crippen LogP contribution is 2.25. The van der Waals surface area contributed by atoms with Crippen LogP contribution in [0.4, 0.5) is 0 Å². The molecule has 1 aromatic rings. The maximum absolute atomic E-state index is 11.6. The Hall–Kier alpha value is -1.29. The van der Waals surface area contributed by atoms with Crippen molar-refractivity contribution in [2.45, 2.75) is 18.9 Å². The average molecular weight is 241 g/mol. The van der Waals surface area contributed by atoms with Gasteiger partial charge in [0.2, 0.25) is 0 Å². The molecule has 0 N–H and O–H groups in total. The molecule has 2 rings (SSSR count). The maximum Gasteiger partial charge on any atom is 0.260 e. The molecule has 1 aliphatic carbocycles. The predicted octanol–water partition coefficient (Wildman–Crippen LogP) is 1.73. The van der Waals surface area contributed by atoms with Crippen molar-refractivity contribution in [3.63, 3.8) is 0 Å². The summed E-state index contributed by atoms with van der Waals surface area (Å²) in [6.07, 6.45) is 3.76. The lowest BCUT2D eigenvalue weighted by atomic mass is 10.4. The van der Waals surface area contributed by atoms with E-state index in [9.17, 15) is 4.79 Å². The van der Waals surface area contributed by atoms with E-state index in [1.165, 1.54) is 0 Å². The van der Waals surface area contributed by atoms with Crippen molar-refractivity contribution in [3.8, 4) is 5.75 Å². The molecule has 0 aliphatic heterocycles. The molecule has 1 heterocycles. The van der Waals surface area contributed by atoms with Crippen LogP contribution in [-0.2, 0) is 4.79 Å². The molecule has 5 heteroatoms. The molecule has 1 amide bonds. The van der Waals surface area contributed by atoms with Crippen LogP contribution in [0.2, 0.25) is 5.15 Å². The molecule has 1 fully saturated rings. The molecule has 4 nitrogen and oxygen atoms in total. The highest BCUT2D eigenvalue weighted by molar-refractivity contribution is 6.30. The molecule has 0 bridgehead atoms. The van der Waals surface area contributed by atoms with Crippen LogP contribution in [0.15, 0.2) is 18.3 Å². The standard InChI is InChI=1S/C11H13ClN2O2/c1-14(8-4-5-8)10(15)7-16-9-3-2-6-13-11(9)12/h2-3,6,8H,4-5,7H2,1H3. The van der Waals surface area contributed by atoms with Crippen molar-refractivity contribution < 1.29 is 9.53 Å². The fraction of sp³-hybridized carbons (Fsp3) is 0.455. The van der Waals surface area contributed by atoms with Crippen LogP contribution in [0.1, 0.15) is 12.8 Å². The molecule has 0 spiro atoms. The Labute approximate surface area is 99.2 Å². The zero-order chi connectivity index (χ0) is 11.5. The molecule has 86 valence electrons. The number of nitrogens with zero attached hydrogens (tertiary/aromatic N) is 2. The highest BCUT2D eigenvalue weighted by atomic mass is 35.5. The molecule has 1 saturated carbocycles. The molecule has 0 saturated heterocycles. The smallest absolute Gasteiger partial charge is 0.260 e. The zero-order valence-corrected chi connectivity index (χ0v) is 9.78. The van der Waals surface area contributed by atoms with Gasteiger partial charge in [-0.05, 0) is 25.0 Å². The summed E-state index contributed by atoms with van der Waals surface area (Å²) >= 11 is 5.80. The third kappa shape index (κ3) is 2.64. The second-order valence-electron chi connectivity index (χ2n) is 3.82.